The summed E-state index contributed by atoms with van der Waals surface area (Å²) in [5.74, 6) is 1.54. The van der Waals surface area contributed by atoms with E-state index in [2.05, 4.69) is 19.6 Å². The summed E-state index contributed by atoms with van der Waals surface area (Å²) in [4.78, 5) is 0. The highest BCUT2D eigenvalue weighted by Gasteiger charge is 2.09. The molecule has 0 saturated heterocycles. The van der Waals surface area contributed by atoms with Crippen molar-refractivity contribution in [3.05, 3.63) is 36.8 Å². The maximum Gasteiger partial charge on any atom is 0.169 e. The molecule has 0 radical (unpaired) electrons. The second kappa shape index (κ2) is 6.99. The van der Waals surface area contributed by atoms with Gasteiger partial charge in [-0.3, -0.25) is 0 Å². The number of hydrogen-bond acceptors (Lipinski definition) is 2. The van der Waals surface area contributed by atoms with E-state index in [4.69, 9.17) is 8.83 Å². The predicted molar refractivity (Wildman–Crippen MR) is 86.8 cm³/mol. The Hall–Kier alpha value is -0.572. The Morgan fingerprint density at radius 2 is 1.47 bits per heavy atom. The van der Waals surface area contributed by atoms with Crippen LogP contribution in [0.4, 0.5) is 0 Å². The quantitative estimate of drug-likeness (QED) is 0.787. The summed E-state index contributed by atoms with van der Waals surface area (Å²) in [5.41, 5.74) is 0. The number of furan rings is 2. The summed E-state index contributed by atoms with van der Waals surface area (Å²) in [6, 6.07) is 7.38. The lowest BCUT2D eigenvalue weighted by molar-refractivity contribution is 0.524. The monoisotopic (exact) mass is 298 g/mol. The molecule has 0 aliphatic rings. The third-order valence-corrected chi connectivity index (χ3v) is 41.8. The molecule has 2 aromatic rings. The highest BCUT2D eigenvalue weighted by molar-refractivity contribution is 7.50. The van der Waals surface area contributed by atoms with E-state index in [0.29, 0.717) is 17.1 Å². The second-order valence-corrected chi connectivity index (χ2v) is 36.3. The molecule has 2 heterocycles. The fraction of sp³-hybridized carbons (Fsp3) is 0.273. The van der Waals surface area contributed by atoms with Gasteiger partial charge in [0.2, 0.25) is 0 Å². The Morgan fingerprint density at radius 3 is 1.65 bits per heavy atom. The lowest BCUT2D eigenvalue weighted by Gasteiger charge is -2.11. The van der Waals surface area contributed by atoms with Gasteiger partial charge >= 0.3 is 0 Å². The van der Waals surface area contributed by atoms with Crippen molar-refractivity contribution in [3.63, 3.8) is 0 Å². The molecular formula is C11H22O2Si4. The van der Waals surface area contributed by atoms with Crippen molar-refractivity contribution in [2.45, 2.75) is 19.6 Å². The number of hydrogen-bond donors (Lipinski definition) is 0. The SMILES string of the molecule is C[Si](C)(C)[SiH2][SiH2][SiH3].c1coc(-c2ccco2)c1. The molecule has 2 rings (SSSR count). The molecule has 0 amide bonds. The highest BCUT2D eigenvalue weighted by Crippen LogP contribution is 2.18. The van der Waals surface area contributed by atoms with Crippen LogP contribution < -0.4 is 0 Å². The zero-order chi connectivity index (χ0) is 12.7. The van der Waals surface area contributed by atoms with Gasteiger partial charge in [-0.2, -0.15) is 0 Å². The minimum atomic E-state index is -0.422. The van der Waals surface area contributed by atoms with Crippen molar-refractivity contribution < 1.29 is 8.83 Å². The third-order valence-electron chi connectivity index (χ3n) is 2.29. The summed E-state index contributed by atoms with van der Waals surface area (Å²) in [6.07, 6.45) is 3.25. The fourth-order valence-corrected chi connectivity index (χ4v) is 61.6. The first-order chi connectivity index (χ1) is 8.03. The lowest BCUT2D eigenvalue weighted by atomic mass is 10.3. The van der Waals surface area contributed by atoms with E-state index in [1.807, 2.05) is 24.3 Å². The minimum Gasteiger partial charge on any atom is -0.461 e. The molecule has 94 valence electrons. The van der Waals surface area contributed by atoms with Gasteiger partial charge in [-0.1, -0.05) is 19.6 Å². The van der Waals surface area contributed by atoms with Gasteiger partial charge in [0.15, 0.2) is 11.5 Å². The smallest absolute Gasteiger partial charge is 0.169 e. The molecule has 0 spiro atoms. The van der Waals surface area contributed by atoms with Crippen LogP contribution >= 0.6 is 0 Å². The molecule has 17 heavy (non-hydrogen) atoms. The van der Waals surface area contributed by atoms with Gasteiger partial charge in [-0.05, 0) is 42.6 Å². The van der Waals surface area contributed by atoms with Gasteiger partial charge in [0.25, 0.3) is 0 Å². The summed E-state index contributed by atoms with van der Waals surface area (Å²) in [7, 11) is 2.43. The van der Waals surface area contributed by atoms with E-state index in [1.165, 1.54) is 0 Å². The first-order valence-corrected chi connectivity index (χ1v) is 21.6. The van der Waals surface area contributed by atoms with Gasteiger partial charge in [0.1, 0.15) is 0 Å². The van der Waals surface area contributed by atoms with E-state index in [-0.39, 0.29) is 0 Å². The van der Waals surface area contributed by atoms with E-state index in [0.717, 1.165) is 11.5 Å². The topological polar surface area (TPSA) is 26.3 Å². The van der Waals surface area contributed by atoms with Gasteiger partial charge in [-0.25, -0.2) is 0 Å². The standard InChI is InChI=1S/C8H6O2.C3H16Si4/c1-3-7(9-5-1)8-4-2-6-10-8;1-7(2,3)6-5-4/h1-6H;5-6H2,1-4H3. The molecule has 0 N–H and O–H groups in total. The lowest BCUT2D eigenvalue weighted by Crippen LogP contribution is -2.34. The van der Waals surface area contributed by atoms with Crippen LogP contribution in [-0.2, 0) is 0 Å². The van der Waals surface area contributed by atoms with Crippen LogP contribution in [0.3, 0.4) is 0 Å². The van der Waals surface area contributed by atoms with E-state index in [9.17, 15) is 0 Å². The van der Waals surface area contributed by atoms with Crippen LogP contribution in [0.2, 0.25) is 19.6 Å². The fourth-order valence-electron chi connectivity index (χ4n) is 1.59. The first-order valence-electron chi connectivity index (χ1n) is 6.10. The maximum atomic E-state index is 5.08. The van der Waals surface area contributed by atoms with Gasteiger partial charge in [0, 0.05) is 16.1 Å². The largest absolute Gasteiger partial charge is 0.461 e. The summed E-state index contributed by atoms with van der Waals surface area (Å²) >= 11 is 0. The van der Waals surface area contributed by atoms with E-state index >= 15 is 0 Å². The molecule has 0 atom stereocenters. The molecule has 2 aromatic heterocycles. The molecule has 2 nitrogen and oxygen atoms in total. The molecule has 0 aliphatic carbocycles. The molecular weight excluding hydrogens is 276 g/mol. The van der Waals surface area contributed by atoms with Gasteiger partial charge < -0.3 is 8.83 Å². The van der Waals surface area contributed by atoms with Crippen LogP contribution in [0.1, 0.15) is 0 Å². The van der Waals surface area contributed by atoms with E-state index < -0.39 is 7.59 Å². The van der Waals surface area contributed by atoms with E-state index in [1.54, 1.807) is 22.3 Å². The molecule has 0 unspecified atom stereocenters. The Morgan fingerprint density at radius 1 is 1.00 bits per heavy atom. The number of rotatable bonds is 3. The van der Waals surface area contributed by atoms with Gasteiger partial charge in [0.05, 0.1) is 12.5 Å². The molecule has 0 aliphatic heterocycles. The Kier molecular flexibility index (Phi) is 5.96. The zero-order valence-electron chi connectivity index (χ0n) is 11.2. The van der Waals surface area contributed by atoms with Crippen molar-refractivity contribution in [2.24, 2.45) is 0 Å². The third kappa shape index (κ3) is 6.06. The second-order valence-electron chi connectivity index (χ2n) is 5.27. The summed E-state index contributed by atoms with van der Waals surface area (Å²) in [5, 5.41) is 0. The predicted octanol–water partition coefficient (Wildman–Crippen LogP) is 0.894. The van der Waals surface area contributed by atoms with Crippen LogP contribution in [0.25, 0.3) is 11.5 Å². The zero-order valence-corrected chi connectivity index (χ0v) is 17.0. The van der Waals surface area contributed by atoms with Crippen LogP contribution in [0.5, 0.6) is 0 Å². The van der Waals surface area contributed by atoms with Crippen molar-refractivity contribution in [3.8, 4) is 11.5 Å². The van der Waals surface area contributed by atoms with Crippen LogP contribution in [0, 0.1) is 0 Å². The normalized spacial score (nSPS) is 12.4. The van der Waals surface area contributed by atoms with Crippen molar-refractivity contribution >= 4 is 34.5 Å². The summed E-state index contributed by atoms with van der Waals surface area (Å²) in [6.45, 7) is 7.60. The first kappa shape index (κ1) is 14.5. The average molecular weight is 299 g/mol. The molecule has 0 fully saturated rings. The van der Waals surface area contributed by atoms with Crippen LogP contribution in [-0.4, -0.2) is 34.5 Å². The Bertz CT molecular complexity index is 357. The molecule has 0 saturated carbocycles. The molecule has 6 heteroatoms. The van der Waals surface area contributed by atoms with Crippen molar-refractivity contribution in [1.82, 2.24) is 0 Å². The average Bonchev–Trinajstić information content (AvgIpc) is 2.90. The summed E-state index contributed by atoms with van der Waals surface area (Å²) < 4.78 is 10.2. The van der Waals surface area contributed by atoms with Crippen LogP contribution in [0.15, 0.2) is 45.6 Å². The van der Waals surface area contributed by atoms with Gasteiger partial charge in [-0.15, -0.1) is 0 Å². The molecule has 0 bridgehead atoms. The highest BCUT2D eigenvalue weighted by atomic mass is 29.7. The Balaban J connectivity index is 0.000000185. The van der Waals surface area contributed by atoms with Crippen molar-refractivity contribution in [1.29, 1.82) is 0 Å². The minimum absolute atomic E-state index is 0.422. The Labute approximate surface area is 111 Å². The molecule has 0 aromatic carbocycles. The maximum absolute atomic E-state index is 5.08. The van der Waals surface area contributed by atoms with Crippen molar-refractivity contribution in [2.75, 3.05) is 0 Å².